The van der Waals surface area contributed by atoms with Gasteiger partial charge in [0.2, 0.25) is 5.88 Å². The van der Waals surface area contributed by atoms with Gasteiger partial charge in [0.05, 0.1) is 28.0 Å². The molecule has 2 aromatic heterocycles. The number of carbonyl (C=O) groups is 1. The summed E-state index contributed by atoms with van der Waals surface area (Å²) >= 11 is 1.24. The number of benzene rings is 2. The molecule has 4 aromatic rings. The molecule has 0 aliphatic heterocycles. The minimum absolute atomic E-state index is 0.0522. The van der Waals surface area contributed by atoms with Crippen LogP contribution in [0.5, 0.6) is 5.88 Å². The Morgan fingerprint density at radius 1 is 0.947 bits per heavy atom. The van der Waals surface area contributed by atoms with Crippen LogP contribution in [0.25, 0.3) is 10.2 Å². The van der Waals surface area contributed by atoms with Crippen LogP contribution in [0, 0.1) is 0 Å². The summed E-state index contributed by atoms with van der Waals surface area (Å²) in [4.78, 5) is 21.0. The highest BCUT2D eigenvalue weighted by molar-refractivity contribution is 7.22. The Bertz CT molecular complexity index is 1400. The van der Waals surface area contributed by atoms with Gasteiger partial charge in [-0.05, 0) is 42.3 Å². The number of carboxylic acid groups (broad SMARTS) is 1. The number of rotatable bonds is 9. The first-order chi connectivity index (χ1) is 17.9. The number of anilines is 1. The summed E-state index contributed by atoms with van der Waals surface area (Å²) < 4.78 is 86.9. The van der Waals surface area contributed by atoms with Crippen LogP contribution in [0.15, 0.2) is 60.7 Å². The summed E-state index contributed by atoms with van der Waals surface area (Å²) in [5.41, 5.74) is -2.66. The lowest BCUT2D eigenvalue weighted by atomic mass is 10.0. The average molecular weight is 556 g/mol. The van der Waals surface area contributed by atoms with Crippen LogP contribution in [0.3, 0.4) is 0 Å². The lowest BCUT2D eigenvalue weighted by Gasteiger charge is -2.24. The number of aromatic carboxylic acids is 1. The number of nitrogens with zero attached hydrogens (tertiary/aromatic N) is 3. The molecule has 38 heavy (non-hydrogen) atoms. The molecule has 2 aromatic carbocycles. The summed E-state index contributed by atoms with van der Waals surface area (Å²) in [5.74, 6) is -1.16. The van der Waals surface area contributed by atoms with Crippen molar-refractivity contribution >= 4 is 32.7 Å². The zero-order chi connectivity index (χ0) is 27.5. The van der Waals surface area contributed by atoms with Gasteiger partial charge in [-0.15, -0.1) is 0 Å². The maximum atomic E-state index is 13.8. The van der Waals surface area contributed by atoms with E-state index in [0.29, 0.717) is 16.7 Å². The van der Waals surface area contributed by atoms with Gasteiger partial charge in [0.25, 0.3) is 0 Å². The predicted molar refractivity (Wildman–Crippen MR) is 128 cm³/mol. The van der Waals surface area contributed by atoms with Crippen molar-refractivity contribution in [1.82, 2.24) is 9.97 Å². The first-order valence-electron chi connectivity index (χ1n) is 11.1. The lowest BCUT2D eigenvalue weighted by Crippen LogP contribution is -2.27. The van der Waals surface area contributed by atoms with E-state index in [4.69, 9.17) is 9.84 Å². The molecular weight excluding hydrogens is 536 g/mol. The van der Waals surface area contributed by atoms with Gasteiger partial charge in [-0.1, -0.05) is 35.6 Å². The molecule has 0 atom stereocenters. The summed E-state index contributed by atoms with van der Waals surface area (Å²) in [5, 5.41) is 9.44. The van der Waals surface area contributed by atoms with Gasteiger partial charge in [-0.3, -0.25) is 0 Å². The molecule has 200 valence electrons. The number of hydrogen-bond acceptors (Lipinski definition) is 6. The Hall–Kier alpha value is -3.87. The van der Waals surface area contributed by atoms with Gasteiger partial charge in [0, 0.05) is 19.2 Å². The van der Waals surface area contributed by atoms with E-state index < -0.39 is 29.4 Å². The molecule has 0 radical (unpaired) electrons. The summed E-state index contributed by atoms with van der Waals surface area (Å²) in [7, 11) is 0. The van der Waals surface area contributed by atoms with Crippen molar-refractivity contribution in [3.8, 4) is 5.88 Å². The number of pyridine rings is 1. The number of ether oxygens (including phenoxy) is 1. The monoisotopic (exact) mass is 555 g/mol. The Kier molecular flexibility index (Phi) is 7.76. The number of para-hydroxylation sites is 1. The Morgan fingerprint density at radius 3 is 2.39 bits per heavy atom. The average Bonchev–Trinajstić information content (AvgIpc) is 3.29. The third-order valence-corrected chi connectivity index (χ3v) is 6.52. The van der Waals surface area contributed by atoms with E-state index in [-0.39, 0.29) is 49.3 Å². The van der Waals surface area contributed by atoms with Crippen LogP contribution in [0.1, 0.15) is 33.6 Å². The molecule has 0 aliphatic carbocycles. The van der Waals surface area contributed by atoms with Gasteiger partial charge < -0.3 is 14.7 Å². The molecule has 0 fully saturated rings. The molecule has 4 rings (SSSR count). The Morgan fingerprint density at radius 2 is 1.71 bits per heavy atom. The predicted octanol–water partition coefficient (Wildman–Crippen LogP) is 6.90. The molecular formula is C25H19F6N3O3S. The number of alkyl halides is 6. The maximum Gasteiger partial charge on any atom is 0.416 e. The second-order valence-electron chi connectivity index (χ2n) is 8.12. The normalized spacial score (nSPS) is 12.1. The molecule has 0 unspecified atom stereocenters. The minimum Gasteiger partial charge on any atom is -0.478 e. The van der Waals surface area contributed by atoms with Crippen molar-refractivity contribution in [2.75, 3.05) is 18.1 Å². The second-order valence-corrected chi connectivity index (χ2v) is 9.13. The van der Waals surface area contributed by atoms with E-state index in [1.807, 2.05) is 0 Å². The highest BCUT2D eigenvalue weighted by Crippen LogP contribution is 2.38. The van der Waals surface area contributed by atoms with Crippen LogP contribution >= 0.6 is 11.3 Å². The molecule has 2 heterocycles. The maximum absolute atomic E-state index is 13.8. The number of hydrogen-bond donors (Lipinski definition) is 1. The SMILES string of the molecule is O=C(O)c1cccc(OCCCN(Cc2ccc(C(F)(F)F)cc2C(F)(F)F)c2nc3ccccc3s2)n1. The number of carboxylic acids is 1. The van der Waals surface area contributed by atoms with E-state index in [0.717, 1.165) is 10.8 Å². The first kappa shape index (κ1) is 27.2. The Balaban J connectivity index is 1.58. The van der Waals surface area contributed by atoms with Gasteiger partial charge in [0.15, 0.2) is 10.8 Å². The number of thiazole rings is 1. The third-order valence-electron chi connectivity index (χ3n) is 5.42. The number of fused-ring (bicyclic) bond motifs is 1. The molecule has 0 aliphatic rings. The van der Waals surface area contributed by atoms with Crippen molar-refractivity contribution in [3.63, 3.8) is 0 Å². The fourth-order valence-corrected chi connectivity index (χ4v) is 4.63. The number of halogens is 6. The molecule has 0 saturated heterocycles. The van der Waals surface area contributed by atoms with E-state index in [1.54, 1.807) is 29.2 Å². The van der Waals surface area contributed by atoms with Crippen molar-refractivity contribution in [1.29, 1.82) is 0 Å². The molecule has 13 heteroatoms. The molecule has 6 nitrogen and oxygen atoms in total. The molecule has 0 saturated carbocycles. The van der Waals surface area contributed by atoms with Crippen molar-refractivity contribution in [2.24, 2.45) is 0 Å². The van der Waals surface area contributed by atoms with Crippen molar-refractivity contribution in [2.45, 2.75) is 25.3 Å². The van der Waals surface area contributed by atoms with Crippen LogP contribution in [0.4, 0.5) is 31.5 Å². The van der Waals surface area contributed by atoms with Crippen molar-refractivity contribution < 1.29 is 41.0 Å². The van der Waals surface area contributed by atoms with Gasteiger partial charge in [-0.25, -0.2) is 14.8 Å². The largest absolute Gasteiger partial charge is 0.478 e. The molecule has 1 N–H and O–H groups in total. The van der Waals surface area contributed by atoms with Gasteiger partial charge in [0.1, 0.15) is 0 Å². The quantitative estimate of drug-likeness (QED) is 0.179. The van der Waals surface area contributed by atoms with E-state index in [2.05, 4.69) is 9.97 Å². The topological polar surface area (TPSA) is 75.6 Å². The van der Waals surface area contributed by atoms with E-state index >= 15 is 0 Å². The zero-order valence-electron chi connectivity index (χ0n) is 19.4. The number of aromatic nitrogens is 2. The molecule has 0 bridgehead atoms. The highest BCUT2D eigenvalue weighted by atomic mass is 32.1. The fourth-order valence-electron chi connectivity index (χ4n) is 3.64. The molecule has 0 amide bonds. The van der Waals surface area contributed by atoms with Gasteiger partial charge in [-0.2, -0.15) is 26.3 Å². The van der Waals surface area contributed by atoms with Gasteiger partial charge >= 0.3 is 18.3 Å². The van der Waals surface area contributed by atoms with Crippen LogP contribution in [0.2, 0.25) is 0 Å². The van der Waals surface area contributed by atoms with Crippen LogP contribution < -0.4 is 9.64 Å². The van der Waals surface area contributed by atoms with Crippen LogP contribution in [-0.4, -0.2) is 34.2 Å². The highest BCUT2D eigenvalue weighted by Gasteiger charge is 2.38. The fraction of sp³-hybridized carbons (Fsp3) is 0.240. The minimum atomic E-state index is -5.00. The lowest BCUT2D eigenvalue weighted by molar-refractivity contribution is -0.143. The van der Waals surface area contributed by atoms with Crippen molar-refractivity contribution in [3.05, 3.63) is 83.0 Å². The third kappa shape index (κ3) is 6.52. The zero-order valence-corrected chi connectivity index (χ0v) is 20.2. The van der Waals surface area contributed by atoms with E-state index in [1.165, 1.54) is 29.5 Å². The first-order valence-corrected chi connectivity index (χ1v) is 11.9. The summed E-state index contributed by atoms with van der Waals surface area (Å²) in [6.45, 7) is -0.146. The summed E-state index contributed by atoms with van der Waals surface area (Å²) in [6.07, 6.45) is -9.65. The van der Waals surface area contributed by atoms with E-state index in [9.17, 15) is 31.1 Å². The standard InChI is InChI=1S/C25H19F6N3O3S/c26-24(27,28)16-10-9-15(17(13-16)25(29,30)31)14-34(23-33-18-5-1-2-7-20(18)38-23)11-4-12-37-21-8-3-6-19(32-21)22(35)36/h1-3,5-10,13H,4,11-12,14H2,(H,35,36). The molecule has 0 spiro atoms. The summed E-state index contributed by atoms with van der Waals surface area (Å²) in [6, 6.07) is 12.9. The second kappa shape index (κ2) is 10.9. The smallest absolute Gasteiger partial charge is 0.416 e. The van der Waals surface area contributed by atoms with Crippen LogP contribution in [-0.2, 0) is 18.9 Å². The Labute approximate surface area is 216 Å².